The van der Waals surface area contributed by atoms with Gasteiger partial charge in [0.1, 0.15) is 30.0 Å². The number of carbonyl (C=O) groups excluding carboxylic acids is 2. The lowest BCUT2D eigenvalue weighted by molar-refractivity contribution is -0.137. The highest BCUT2D eigenvalue weighted by atomic mass is 35.5. The highest BCUT2D eigenvalue weighted by Gasteiger charge is 2.37. The lowest BCUT2D eigenvalue weighted by atomic mass is 9.88. The number of piperazine rings is 1. The van der Waals surface area contributed by atoms with Crippen LogP contribution in [0.15, 0.2) is 91.0 Å². The van der Waals surface area contributed by atoms with Gasteiger partial charge in [-0.05, 0) is 104 Å². The van der Waals surface area contributed by atoms with E-state index in [1.807, 2.05) is 72.5 Å². The Morgan fingerprint density at radius 1 is 0.906 bits per heavy atom. The first-order chi connectivity index (χ1) is 25.8. The van der Waals surface area contributed by atoms with Crippen molar-refractivity contribution in [3.05, 3.63) is 119 Å². The van der Waals surface area contributed by atoms with Gasteiger partial charge in [0.05, 0.1) is 6.61 Å². The van der Waals surface area contributed by atoms with Crippen molar-refractivity contribution in [1.29, 1.82) is 0 Å². The van der Waals surface area contributed by atoms with Crippen LogP contribution >= 0.6 is 11.6 Å². The van der Waals surface area contributed by atoms with Crippen LogP contribution in [0.2, 0.25) is 5.02 Å². The largest absolute Gasteiger partial charge is 0.508 e. The third-order valence-corrected chi connectivity index (χ3v) is 10.5. The molecule has 0 aliphatic carbocycles. The van der Waals surface area contributed by atoms with Gasteiger partial charge >= 0.3 is 6.09 Å². The number of hydrogen-bond acceptors (Lipinski definition) is 7. The normalized spacial score (nSPS) is 16.2. The monoisotopic (exact) mass is 742 g/mol. The number of halogens is 2. The first-order valence-electron chi connectivity index (χ1n) is 18.5. The van der Waals surface area contributed by atoms with Crippen molar-refractivity contribution in [2.75, 3.05) is 52.4 Å². The SMILES string of the molecule is CCOc1cccc(F)c1CN1CCN(C(=O)[C@H](NC(=O)OCc2ccccc2)C2CCN(CCc3cc(Cl)ccc3-c3cccc(O)c3)CC2)CC1. The van der Waals surface area contributed by atoms with Crippen LogP contribution in [0, 0.1) is 11.7 Å². The topological polar surface area (TPSA) is 94.6 Å². The number of likely N-dealkylation sites (tertiary alicyclic amines) is 1. The quantitative estimate of drug-likeness (QED) is 0.150. The molecule has 1 atom stereocenters. The number of phenolic OH excluding ortho intramolecular Hbond substituents is 1. The Balaban J connectivity index is 1.08. The van der Waals surface area contributed by atoms with Crippen molar-refractivity contribution in [2.24, 2.45) is 5.92 Å². The molecule has 0 bridgehead atoms. The third kappa shape index (κ3) is 10.3. The molecule has 9 nitrogen and oxygen atoms in total. The molecule has 2 saturated heterocycles. The van der Waals surface area contributed by atoms with Crippen LogP contribution in [-0.4, -0.2) is 90.3 Å². The minimum atomic E-state index is -0.728. The summed E-state index contributed by atoms with van der Waals surface area (Å²) in [5, 5.41) is 13.7. The molecule has 0 saturated carbocycles. The number of rotatable bonds is 13. The zero-order valence-electron chi connectivity index (χ0n) is 30.2. The maximum Gasteiger partial charge on any atom is 0.408 e. The van der Waals surface area contributed by atoms with E-state index in [4.69, 9.17) is 21.1 Å². The molecule has 2 aliphatic rings. The van der Waals surface area contributed by atoms with Gasteiger partial charge in [0.2, 0.25) is 5.91 Å². The minimum absolute atomic E-state index is 0.0674. The lowest BCUT2D eigenvalue weighted by Gasteiger charge is -2.40. The molecule has 4 aromatic carbocycles. The van der Waals surface area contributed by atoms with E-state index in [1.165, 1.54) is 6.07 Å². The van der Waals surface area contributed by atoms with Crippen molar-refractivity contribution >= 4 is 23.6 Å². The highest BCUT2D eigenvalue weighted by molar-refractivity contribution is 6.30. The fraction of sp³-hybridized carbons (Fsp3) is 0.381. The summed E-state index contributed by atoms with van der Waals surface area (Å²) in [5.74, 6) is 0.272. The predicted molar refractivity (Wildman–Crippen MR) is 204 cm³/mol. The summed E-state index contributed by atoms with van der Waals surface area (Å²) in [4.78, 5) is 33.7. The van der Waals surface area contributed by atoms with E-state index in [-0.39, 0.29) is 30.0 Å². The van der Waals surface area contributed by atoms with E-state index in [0.717, 1.165) is 61.2 Å². The summed E-state index contributed by atoms with van der Waals surface area (Å²) in [7, 11) is 0. The number of hydrogen-bond donors (Lipinski definition) is 2. The van der Waals surface area contributed by atoms with Gasteiger partial charge in [-0.1, -0.05) is 66.2 Å². The molecule has 4 aromatic rings. The van der Waals surface area contributed by atoms with Crippen molar-refractivity contribution in [3.63, 3.8) is 0 Å². The zero-order chi connectivity index (χ0) is 37.2. The second-order valence-corrected chi connectivity index (χ2v) is 14.2. The van der Waals surface area contributed by atoms with E-state index in [2.05, 4.69) is 15.1 Å². The van der Waals surface area contributed by atoms with Crippen LogP contribution < -0.4 is 10.1 Å². The van der Waals surface area contributed by atoms with Crippen LogP contribution in [0.3, 0.4) is 0 Å². The second kappa shape index (κ2) is 18.4. The van der Waals surface area contributed by atoms with Crippen LogP contribution in [0.1, 0.15) is 36.5 Å². The molecule has 6 rings (SSSR count). The maximum atomic E-state index is 14.8. The van der Waals surface area contributed by atoms with Gasteiger partial charge in [-0.2, -0.15) is 0 Å². The number of nitrogens with zero attached hydrogens (tertiary/aromatic N) is 3. The number of amides is 2. The van der Waals surface area contributed by atoms with E-state index >= 15 is 0 Å². The Morgan fingerprint density at radius 3 is 2.40 bits per heavy atom. The number of carbonyl (C=O) groups is 2. The van der Waals surface area contributed by atoms with Gasteiger partial charge in [0.15, 0.2) is 0 Å². The fourth-order valence-corrected chi connectivity index (χ4v) is 7.51. The highest BCUT2D eigenvalue weighted by Crippen LogP contribution is 2.30. The third-order valence-electron chi connectivity index (χ3n) is 10.2. The molecule has 0 radical (unpaired) electrons. The van der Waals surface area contributed by atoms with Crippen LogP contribution in [0.25, 0.3) is 11.1 Å². The number of ether oxygens (including phenoxy) is 2. The van der Waals surface area contributed by atoms with Crippen molar-refractivity contribution in [1.82, 2.24) is 20.0 Å². The predicted octanol–water partition coefficient (Wildman–Crippen LogP) is 7.14. The minimum Gasteiger partial charge on any atom is -0.508 e. The fourth-order valence-electron chi connectivity index (χ4n) is 7.32. The number of aromatic hydroxyl groups is 1. The number of piperidine rings is 1. The van der Waals surface area contributed by atoms with E-state index < -0.39 is 12.1 Å². The van der Waals surface area contributed by atoms with Gasteiger partial charge in [-0.3, -0.25) is 9.69 Å². The van der Waals surface area contributed by atoms with Crippen LogP contribution in [-0.2, 0) is 29.1 Å². The standard InChI is InChI=1S/C42H48ClFN4O5/c1-2-52-39-13-7-12-38(44)37(39)28-47-22-24-48(25-23-47)41(50)40(45-42(51)53-29-30-8-4-3-5-9-30)31-16-19-46(20-17-31)21-18-33-26-34(43)14-15-36(33)32-10-6-11-35(49)27-32/h3-15,26-27,31,40,49H,2,16-25,28-29H2,1H3,(H,45,51)/t40-/m1/s1. The Bertz CT molecular complexity index is 1830. The average Bonchev–Trinajstić information content (AvgIpc) is 3.17. The van der Waals surface area contributed by atoms with Gasteiger partial charge in [-0.25, -0.2) is 9.18 Å². The molecule has 0 aromatic heterocycles. The molecule has 11 heteroatoms. The number of alkyl carbamates (subject to hydrolysis) is 1. The van der Waals surface area contributed by atoms with Crippen LogP contribution in [0.4, 0.5) is 9.18 Å². The van der Waals surface area contributed by atoms with Crippen molar-refractivity contribution in [2.45, 2.75) is 45.4 Å². The van der Waals surface area contributed by atoms with Gasteiger partial charge in [-0.15, -0.1) is 0 Å². The molecule has 2 fully saturated rings. The van der Waals surface area contributed by atoms with Crippen molar-refractivity contribution < 1.29 is 28.6 Å². The van der Waals surface area contributed by atoms with Gasteiger partial charge in [0.25, 0.3) is 0 Å². The molecule has 0 unspecified atom stereocenters. The number of phenols is 1. The molecule has 2 aliphatic heterocycles. The van der Waals surface area contributed by atoms with Crippen molar-refractivity contribution in [3.8, 4) is 22.6 Å². The van der Waals surface area contributed by atoms with Gasteiger partial charge < -0.3 is 29.7 Å². The molecule has 53 heavy (non-hydrogen) atoms. The molecule has 2 N–H and O–H groups in total. The molecule has 280 valence electrons. The Morgan fingerprint density at radius 2 is 1.66 bits per heavy atom. The first-order valence-corrected chi connectivity index (χ1v) is 18.8. The molecule has 2 amide bonds. The van der Waals surface area contributed by atoms with Crippen LogP contribution in [0.5, 0.6) is 11.5 Å². The second-order valence-electron chi connectivity index (χ2n) is 13.7. The molecule has 0 spiro atoms. The zero-order valence-corrected chi connectivity index (χ0v) is 30.9. The Kier molecular flexibility index (Phi) is 13.2. The lowest BCUT2D eigenvalue weighted by Crippen LogP contribution is -2.58. The van der Waals surface area contributed by atoms with E-state index in [9.17, 15) is 19.1 Å². The Labute approximate surface area is 316 Å². The summed E-state index contributed by atoms with van der Waals surface area (Å²) in [6.45, 7) is 7.25. The summed E-state index contributed by atoms with van der Waals surface area (Å²) in [5.41, 5.74) is 4.46. The number of benzene rings is 4. The molecular weight excluding hydrogens is 695 g/mol. The van der Waals surface area contributed by atoms with E-state index in [0.29, 0.717) is 55.7 Å². The molecule has 2 heterocycles. The number of nitrogens with one attached hydrogen (secondary N) is 1. The summed E-state index contributed by atoms with van der Waals surface area (Å²) in [6.07, 6.45) is 1.62. The molecular formula is C42H48ClFN4O5. The smallest absolute Gasteiger partial charge is 0.408 e. The summed E-state index contributed by atoms with van der Waals surface area (Å²) in [6, 6.07) is 26.7. The van der Waals surface area contributed by atoms with Gasteiger partial charge in [0, 0.05) is 49.9 Å². The Hall–Kier alpha value is -4.64. The summed E-state index contributed by atoms with van der Waals surface area (Å²) >= 11 is 6.41. The maximum absolute atomic E-state index is 14.8. The average molecular weight is 743 g/mol. The van der Waals surface area contributed by atoms with E-state index in [1.54, 1.807) is 24.3 Å². The first kappa shape index (κ1) is 38.1. The summed E-state index contributed by atoms with van der Waals surface area (Å²) < 4.78 is 26.0.